The van der Waals surface area contributed by atoms with Crippen molar-refractivity contribution in [2.75, 3.05) is 14.2 Å². The largest absolute Gasteiger partial charge is 0.508 e. The number of methoxy groups -OCH3 is 2. The van der Waals surface area contributed by atoms with Crippen molar-refractivity contribution in [2.45, 2.75) is 26.2 Å². The van der Waals surface area contributed by atoms with Crippen LogP contribution in [0.5, 0.6) is 17.2 Å². The van der Waals surface area contributed by atoms with Crippen molar-refractivity contribution >= 4 is 11.9 Å². The van der Waals surface area contributed by atoms with Crippen molar-refractivity contribution in [2.24, 2.45) is 0 Å². The van der Waals surface area contributed by atoms with Crippen LogP contribution in [-0.2, 0) is 5.41 Å². The first kappa shape index (κ1) is 18.6. The Morgan fingerprint density at radius 1 is 1.00 bits per heavy atom. The molecule has 4 heteroatoms. The van der Waals surface area contributed by atoms with Crippen molar-refractivity contribution in [1.82, 2.24) is 0 Å². The highest BCUT2D eigenvalue weighted by Crippen LogP contribution is 2.39. The Labute approximate surface area is 148 Å². The second kappa shape index (κ2) is 7.43. The lowest BCUT2D eigenvalue weighted by atomic mass is 9.85. The first-order valence-corrected chi connectivity index (χ1v) is 8.05. The summed E-state index contributed by atoms with van der Waals surface area (Å²) in [5.74, 6) is 1.30. The van der Waals surface area contributed by atoms with Crippen molar-refractivity contribution in [3.63, 3.8) is 0 Å². The van der Waals surface area contributed by atoms with E-state index in [2.05, 4.69) is 20.8 Å². The number of ether oxygens (including phenoxy) is 2. The molecule has 0 fully saturated rings. The van der Waals surface area contributed by atoms with Crippen LogP contribution in [-0.4, -0.2) is 25.1 Å². The number of phenols is 1. The minimum Gasteiger partial charge on any atom is -0.508 e. The fourth-order valence-corrected chi connectivity index (χ4v) is 2.61. The molecule has 0 unspecified atom stereocenters. The molecule has 2 aromatic rings. The number of ketones is 1. The van der Waals surface area contributed by atoms with Crippen molar-refractivity contribution in [1.29, 1.82) is 0 Å². The smallest absolute Gasteiger partial charge is 0.185 e. The van der Waals surface area contributed by atoms with Gasteiger partial charge in [-0.1, -0.05) is 26.8 Å². The Balaban J connectivity index is 2.46. The molecule has 0 spiro atoms. The Hall–Kier alpha value is -2.75. The summed E-state index contributed by atoms with van der Waals surface area (Å²) in [4.78, 5) is 12.4. The molecule has 2 aromatic carbocycles. The van der Waals surface area contributed by atoms with Gasteiger partial charge in [-0.2, -0.15) is 0 Å². The number of rotatable bonds is 5. The minimum atomic E-state index is -0.162. The summed E-state index contributed by atoms with van der Waals surface area (Å²) >= 11 is 0. The quantitative estimate of drug-likeness (QED) is 0.638. The first-order chi connectivity index (χ1) is 11.8. The minimum absolute atomic E-state index is 0.110. The zero-order valence-electron chi connectivity index (χ0n) is 15.3. The van der Waals surface area contributed by atoms with E-state index in [1.165, 1.54) is 18.2 Å². The Kier molecular flexibility index (Phi) is 5.52. The lowest BCUT2D eigenvalue weighted by Gasteiger charge is -2.24. The van der Waals surface area contributed by atoms with E-state index in [0.717, 1.165) is 11.1 Å². The van der Waals surface area contributed by atoms with Gasteiger partial charge >= 0.3 is 0 Å². The van der Waals surface area contributed by atoms with Gasteiger partial charge in [0.15, 0.2) is 5.78 Å². The zero-order chi connectivity index (χ0) is 18.6. The van der Waals surface area contributed by atoms with Crippen LogP contribution in [0.25, 0.3) is 6.08 Å². The summed E-state index contributed by atoms with van der Waals surface area (Å²) in [6, 6.07) is 10.0. The number of hydrogen-bond donors (Lipinski definition) is 1. The number of hydrogen-bond acceptors (Lipinski definition) is 4. The number of aromatic hydroxyl groups is 1. The third kappa shape index (κ3) is 4.21. The standard InChI is InChI=1S/C21H24O4/c1-21(2,3)17-11-13-19(24-4)16(20(17)25-5)10-12-18(23)14-6-8-15(22)9-7-14/h6-13,22H,1-5H3. The van der Waals surface area contributed by atoms with E-state index in [4.69, 9.17) is 9.47 Å². The number of benzene rings is 2. The van der Waals surface area contributed by atoms with E-state index in [0.29, 0.717) is 17.1 Å². The Morgan fingerprint density at radius 2 is 1.64 bits per heavy atom. The fourth-order valence-electron chi connectivity index (χ4n) is 2.61. The predicted molar refractivity (Wildman–Crippen MR) is 99.7 cm³/mol. The van der Waals surface area contributed by atoms with Gasteiger partial charge in [-0.15, -0.1) is 0 Å². The van der Waals surface area contributed by atoms with Gasteiger partial charge in [-0.05, 0) is 47.9 Å². The van der Waals surface area contributed by atoms with Crippen LogP contribution in [0.2, 0.25) is 0 Å². The molecule has 132 valence electrons. The highest BCUT2D eigenvalue weighted by atomic mass is 16.5. The number of carbonyl (C=O) groups is 1. The molecule has 0 atom stereocenters. The van der Waals surface area contributed by atoms with Crippen LogP contribution in [0.4, 0.5) is 0 Å². The molecule has 0 aromatic heterocycles. The van der Waals surface area contributed by atoms with Gasteiger partial charge in [0.1, 0.15) is 17.2 Å². The maximum absolute atomic E-state index is 12.4. The third-order valence-electron chi connectivity index (χ3n) is 3.94. The molecule has 0 bridgehead atoms. The number of phenolic OH excluding ortho intramolecular Hbond substituents is 1. The predicted octanol–water partition coefficient (Wildman–Crippen LogP) is 4.60. The fraction of sp³-hybridized carbons (Fsp3) is 0.286. The normalized spacial score (nSPS) is 11.6. The molecule has 0 heterocycles. The van der Waals surface area contributed by atoms with Crippen LogP contribution in [0.3, 0.4) is 0 Å². The van der Waals surface area contributed by atoms with Crippen LogP contribution in [0.15, 0.2) is 42.5 Å². The van der Waals surface area contributed by atoms with Crippen molar-refractivity contribution in [3.05, 3.63) is 59.2 Å². The lowest BCUT2D eigenvalue weighted by Crippen LogP contribution is -2.13. The second-order valence-electron chi connectivity index (χ2n) is 6.76. The van der Waals surface area contributed by atoms with E-state index in [9.17, 15) is 9.90 Å². The molecule has 0 saturated heterocycles. The maximum Gasteiger partial charge on any atom is 0.185 e. The van der Waals surface area contributed by atoms with Gasteiger partial charge < -0.3 is 14.6 Å². The molecule has 0 aliphatic carbocycles. The summed E-state index contributed by atoms with van der Waals surface area (Å²) in [5.41, 5.74) is 2.15. The van der Waals surface area contributed by atoms with Crippen LogP contribution in [0, 0.1) is 0 Å². The molecular formula is C21H24O4. The molecule has 0 radical (unpaired) electrons. The lowest BCUT2D eigenvalue weighted by molar-refractivity contribution is 0.104. The molecule has 4 nitrogen and oxygen atoms in total. The first-order valence-electron chi connectivity index (χ1n) is 8.05. The van der Waals surface area contributed by atoms with E-state index in [1.54, 1.807) is 32.4 Å². The van der Waals surface area contributed by atoms with Gasteiger partial charge in [0.05, 0.1) is 19.8 Å². The summed E-state index contributed by atoms with van der Waals surface area (Å²) in [5, 5.41) is 9.33. The summed E-state index contributed by atoms with van der Waals surface area (Å²) in [6.07, 6.45) is 3.20. The summed E-state index contributed by atoms with van der Waals surface area (Å²) in [6.45, 7) is 6.31. The van der Waals surface area contributed by atoms with Crippen molar-refractivity contribution < 1.29 is 19.4 Å². The topological polar surface area (TPSA) is 55.8 Å². The summed E-state index contributed by atoms with van der Waals surface area (Å²) < 4.78 is 11.1. The average Bonchev–Trinajstić information content (AvgIpc) is 2.58. The molecule has 0 amide bonds. The van der Waals surface area contributed by atoms with Crippen molar-refractivity contribution in [3.8, 4) is 17.2 Å². The third-order valence-corrected chi connectivity index (χ3v) is 3.94. The monoisotopic (exact) mass is 340 g/mol. The second-order valence-corrected chi connectivity index (χ2v) is 6.76. The van der Waals surface area contributed by atoms with Gasteiger partial charge in [-0.25, -0.2) is 0 Å². The molecule has 2 rings (SSSR count). The molecule has 1 N–H and O–H groups in total. The average molecular weight is 340 g/mol. The molecule has 0 aliphatic heterocycles. The van der Waals surface area contributed by atoms with Crippen LogP contribution >= 0.6 is 0 Å². The Morgan fingerprint density at radius 3 is 2.16 bits per heavy atom. The Bertz CT molecular complexity index is 781. The molecule has 25 heavy (non-hydrogen) atoms. The van der Waals surface area contributed by atoms with Gasteiger partial charge in [-0.3, -0.25) is 4.79 Å². The van der Waals surface area contributed by atoms with Crippen LogP contribution in [0.1, 0.15) is 42.3 Å². The van der Waals surface area contributed by atoms with Gasteiger partial charge in [0.25, 0.3) is 0 Å². The number of carbonyl (C=O) groups excluding carboxylic acids is 1. The molecule has 0 aliphatic rings. The highest BCUT2D eigenvalue weighted by molar-refractivity contribution is 6.07. The van der Waals surface area contributed by atoms with E-state index in [1.807, 2.05) is 12.1 Å². The van der Waals surface area contributed by atoms with Gasteiger partial charge in [0, 0.05) is 11.1 Å². The maximum atomic E-state index is 12.4. The van der Waals surface area contributed by atoms with Crippen LogP contribution < -0.4 is 9.47 Å². The molecular weight excluding hydrogens is 316 g/mol. The summed E-state index contributed by atoms with van der Waals surface area (Å²) in [7, 11) is 3.20. The SMILES string of the molecule is COc1ccc(C(C)(C)C)c(OC)c1C=CC(=O)c1ccc(O)cc1. The van der Waals surface area contributed by atoms with Gasteiger partial charge in [0.2, 0.25) is 0 Å². The van der Waals surface area contributed by atoms with E-state index in [-0.39, 0.29) is 16.9 Å². The number of allylic oxidation sites excluding steroid dienone is 1. The molecule has 0 saturated carbocycles. The highest BCUT2D eigenvalue weighted by Gasteiger charge is 2.22. The van der Waals surface area contributed by atoms with E-state index >= 15 is 0 Å². The van der Waals surface area contributed by atoms with E-state index < -0.39 is 0 Å². The zero-order valence-corrected chi connectivity index (χ0v) is 15.3.